The number of rotatable bonds is 0. The zero-order valence-corrected chi connectivity index (χ0v) is 20.8. The van der Waals surface area contributed by atoms with E-state index in [1.807, 2.05) is 0 Å². The standard InChI is InChI=1S/C24H34N4O8/c1-25-17-9-11-19(29)35-15-7-8-16-36-20(30)12-10-18-22(32)28(24(34)26(18)2)14-6-4-3-5-13-27(21(17)31)23(25)33/h7-8,17-18H,3-6,9-16H2,1-2H3/b8-7-/t17-,18+. The Kier molecular flexibility index (Phi) is 9.43. The minimum Gasteiger partial charge on any atom is -0.461 e. The third-order valence-electron chi connectivity index (χ3n) is 6.71. The van der Waals surface area contributed by atoms with E-state index in [9.17, 15) is 28.8 Å². The molecule has 0 aromatic carbocycles. The number of cyclic esters (lactones) is 2. The molecule has 3 heterocycles. The molecule has 0 spiro atoms. The second kappa shape index (κ2) is 12.5. The van der Waals surface area contributed by atoms with Crippen LogP contribution in [0.25, 0.3) is 0 Å². The minimum atomic E-state index is -0.706. The predicted molar refractivity (Wildman–Crippen MR) is 125 cm³/mol. The summed E-state index contributed by atoms with van der Waals surface area (Å²) in [6, 6.07) is -2.18. The van der Waals surface area contributed by atoms with Gasteiger partial charge in [0.05, 0.1) is 0 Å². The van der Waals surface area contributed by atoms with Gasteiger partial charge in [-0.05, 0) is 37.8 Å². The molecule has 4 bridgehead atoms. The van der Waals surface area contributed by atoms with Crippen LogP contribution in [0.15, 0.2) is 12.2 Å². The van der Waals surface area contributed by atoms with Crippen molar-refractivity contribution in [1.29, 1.82) is 0 Å². The highest BCUT2D eigenvalue weighted by atomic mass is 16.5. The normalized spacial score (nSPS) is 27.2. The van der Waals surface area contributed by atoms with Gasteiger partial charge in [-0.15, -0.1) is 0 Å². The van der Waals surface area contributed by atoms with Crippen molar-refractivity contribution in [2.24, 2.45) is 0 Å². The van der Waals surface area contributed by atoms with Gasteiger partial charge in [-0.1, -0.05) is 12.8 Å². The molecular weight excluding hydrogens is 472 g/mol. The third-order valence-corrected chi connectivity index (χ3v) is 6.71. The molecule has 0 aromatic heterocycles. The lowest BCUT2D eigenvalue weighted by atomic mass is 10.1. The fourth-order valence-electron chi connectivity index (χ4n) is 4.54. The lowest BCUT2D eigenvalue weighted by Crippen LogP contribution is -2.33. The first-order chi connectivity index (χ1) is 17.2. The molecule has 2 fully saturated rings. The highest BCUT2D eigenvalue weighted by molar-refractivity contribution is 6.04. The van der Waals surface area contributed by atoms with E-state index in [1.165, 1.54) is 31.8 Å². The Labute approximate surface area is 210 Å². The molecule has 12 nitrogen and oxygen atoms in total. The average Bonchev–Trinajstić information content (AvgIpc) is 3.17. The van der Waals surface area contributed by atoms with Gasteiger partial charge in [0.2, 0.25) is 0 Å². The van der Waals surface area contributed by atoms with E-state index in [0.717, 1.165) is 0 Å². The van der Waals surface area contributed by atoms with Crippen LogP contribution >= 0.6 is 0 Å². The first-order valence-electron chi connectivity index (χ1n) is 12.3. The average molecular weight is 507 g/mol. The SMILES string of the molecule is CN1C(=O)N2CCCCCCN3C(=O)[C@H](CCC(=O)OC/C=C\COC(=O)CC[C@@H]1C2=O)N(C)C3=O. The van der Waals surface area contributed by atoms with Crippen molar-refractivity contribution in [3.05, 3.63) is 12.2 Å². The van der Waals surface area contributed by atoms with Gasteiger partial charge in [0, 0.05) is 40.0 Å². The van der Waals surface area contributed by atoms with Crippen LogP contribution in [0, 0.1) is 0 Å². The third kappa shape index (κ3) is 6.41. The van der Waals surface area contributed by atoms with E-state index in [4.69, 9.17) is 9.47 Å². The fraction of sp³-hybridized carbons (Fsp3) is 0.667. The first-order valence-corrected chi connectivity index (χ1v) is 12.3. The highest BCUT2D eigenvalue weighted by Crippen LogP contribution is 2.22. The van der Waals surface area contributed by atoms with Crippen molar-refractivity contribution in [2.75, 3.05) is 40.4 Å². The summed E-state index contributed by atoms with van der Waals surface area (Å²) in [5.74, 6) is -1.64. The molecule has 2 saturated heterocycles. The summed E-state index contributed by atoms with van der Waals surface area (Å²) >= 11 is 0. The second-order valence-electron chi connectivity index (χ2n) is 9.13. The maximum absolute atomic E-state index is 12.7. The van der Waals surface area contributed by atoms with Crippen LogP contribution < -0.4 is 0 Å². The summed E-state index contributed by atoms with van der Waals surface area (Å²) in [4.78, 5) is 79.7. The van der Waals surface area contributed by atoms with Crippen LogP contribution in [0.5, 0.6) is 0 Å². The molecule has 0 aliphatic carbocycles. The van der Waals surface area contributed by atoms with Crippen molar-refractivity contribution in [2.45, 2.75) is 63.5 Å². The van der Waals surface area contributed by atoms with Gasteiger partial charge in [0.15, 0.2) is 0 Å². The van der Waals surface area contributed by atoms with Gasteiger partial charge in [-0.25, -0.2) is 9.59 Å². The second-order valence-corrected chi connectivity index (χ2v) is 9.13. The molecule has 3 aliphatic heterocycles. The van der Waals surface area contributed by atoms with Gasteiger partial charge in [-0.3, -0.25) is 29.0 Å². The molecule has 198 valence electrons. The Bertz CT molecular complexity index is 848. The molecule has 0 saturated carbocycles. The Hall–Kier alpha value is -3.44. The van der Waals surface area contributed by atoms with Crippen molar-refractivity contribution >= 4 is 35.8 Å². The molecule has 3 aliphatic rings. The number of carbonyl (C=O) groups excluding carboxylic acids is 6. The molecule has 3 rings (SSSR count). The molecular formula is C24H34N4O8. The highest BCUT2D eigenvalue weighted by Gasteiger charge is 2.43. The van der Waals surface area contributed by atoms with E-state index < -0.39 is 24.0 Å². The molecule has 0 unspecified atom stereocenters. The van der Waals surface area contributed by atoms with E-state index in [1.54, 1.807) is 14.1 Å². The summed E-state index contributed by atoms with van der Waals surface area (Å²) in [6.45, 7) is 0.511. The maximum Gasteiger partial charge on any atom is 0.327 e. The molecule has 12 heteroatoms. The number of ether oxygens (including phenoxy) is 2. The molecule has 6 amide bonds. The summed E-state index contributed by atoms with van der Waals surface area (Å²) in [7, 11) is 3.09. The number of nitrogens with zero attached hydrogens (tertiary/aromatic N) is 4. The van der Waals surface area contributed by atoms with Crippen LogP contribution in [0.2, 0.25) is 0 Å². The maximum atomic E-state index is 12.7. The number of fused-ring (bicyclic) bond motifs is 4. The summed E-state index contributed by atoms with van der Waals surface area (Å²) in [5.41, 5.74) is 0. The van der Waals surface area contributed by atoms with Crippen molar-refractivity contribution in [1.82, 2.24) is 19.6 Å². The molecule has 0 aromatic rings. The predicted octanol–water partition coefficient (Wildman–Crippen LogP) is 1.29. The molecule has 0 radical (unpaired) electrons. The van der Waals surface area contributed by atoms with Gasteiger partial charge in [-0.2, -0.15) is 0 Å². The van der Waals surface area contributed by atoms with Crippen LogP contribution in [-0.2, 0) is 28.7 Å². The van der Waals surface area contributed by atoms with Gasteiger partial charge in [0.1, 0.15) is 25.3 Å². The van der Waals surface area contributed by atoms with Crippen molar-refractivity contribution in [3.8, 4) is 0 Å². The quantitative estimate of drug-likeness (QED) is 0.273. The lowest BCUT2D eigenvalue weighted by molar-refractivity contribution is -0.144. The summed E-state index contributed by atoms with van der Waals surface area (Å²) in [6.07, 6.45) is 6.02. The van der Waals surface area contributed by atoms with E-state index >= 15 is 0 Å². The number of hydrogen-bond donors (Lipinski definition) is 0. The first kappa shape index (κ1) is 27.2. The number of imide groups is 2. The minimum absolute atomic E-state index is 0.00571. The van der Waals surface area contributed by atoms with Gasteiger partial charge < -0.3 is 19.3 Å². The van der Waals surface area contributed by atoms with Crippen LogP contribution in [-0.4, -0.2) is 108 Å². The van der Waals surface area contributed by atoms with Crippen LogP contribution in [0.3, 0.4) is 0 Å². The molecule has 0 N–H and O–H groups in total. The topological polar surface area (TPSA) is 134 Å². The van der Waals surface area contributed by atoms with E-state index in [0.29, 0.717) is 25.7 Å². The zero-order chi connectivity index (χ0) is 26.2. The van der Waals surface area contributed by atoms with Crippen molar-refractivity contribution < 1.29 is 38.2 Å². The van der Waals surface area contributed by atoms with Gasteiger partial charge in [0.25, 0.3) is 11.8 Å². The zero-order valence-electron chi connectivity index (χ0n) is 20.8. The number of amides is 6. The molecule has 36 heavy (non-hydrogen) atoms. The smallest absolute Gasteiger partial charge is 0.327 e. The fourth-order valence-corrected chi connectivity index (χ4v) is 4.54. The Morgan fingerprint density at radius 2 is 1.03 bits per heavy atom. The number of hydrogen-bond acceptors (Lipinski definition) is 8. The number of likely N-dealkylation sites (N-methyl/N-ethyl adjacent to an activating group) is 2. The largest absolute Gasteiger partial charge is 0.461 e. The van der Waals surface area contributed by atoms with Crippen LogP contribution in [0.1, 0.15) is 51.4 Å². The Morgan fingerprint density at radius 3 is 1.42 bits per heavy atom. The van der Waals surface area contributed by atoms with Crippen LogP contribution in [0.4, 0.5) is 9.59 Å². The van der Waals surface area contributed by atoms with Crippen molar-refractivity contribution in [3.63, 3.8) is 0 Å². The monoisotopic (exact) mass is 506 g/mol. The Balaban J connectivity index is 1.61. The summed E-state index contributed by atoms with van der Waals surface area (Å²) < 4.78 is 10.2. The number of esters is 2. The number of carbonyl (C=O) groups is 6. The molecule has 2 atom stereocenters. The van der Waals surface area contributed by atoms with E-state index in [2.05, 4.69) is 0 Å². The number of urea groups is 2. The Morgan fingerprint density at radius 1 is 0.639 bits per heavy atom. The van der Waals surface area contributed by atoms with Gasteiger partial charge >= 0.3 is 24.0 Å². The lowest BCUT2D eigenvalue weighted by Gasteiger charge is -2.15. The van der Waals surface area contributed by atoms with E-state index in [-0.39, 0.29) is 75.9 Å². The summed E-state index contributed by atoms with van der Waals surface area (Å²) in [5, 5.41) is 0.